The van der Waals surface area contributed by atoms with E-state index in [1.807, 2.05) is 30.5 Å². The van der Waals surface area contributed by atoms with Crippen LogP contribution in [0.4, 0.5) is 5.69 Å². The van der Waals surface area contributed by atoms with Crippen LogP contribution in [0.3, 0.4) is 0 Å². The second-order valence-corrected chi connectivity index (χ2v) is 6.25. The zero-order valence-corrected chi connectivity index (χ0v) is 14.5. The number of nitrogens with zero attached hydrogens (tertiary/aromatic N) is 2. The van der Waals surface area contributed by atoms with Gasteiger partial charge in [0.15, 0.2) is 0 Å². The van der Waals surface area contributed by atoms with Gasteiger partial charge in [-0.1, -0.05) is 48.6 Å². The lowest BCUT2D eigenvalue weighted by Gasteiger charge is -2.26. The first-order valence-corrected chi connectivity index (χ1v) is 8.68. The minimum Gasteiger partial charge on any atom is -0.361 e. The quantitative estimate of drug-likeness (QED) is 0.620. The van der Waals surface area contributed by atoms with Crippen LogP contribution in [0.25, 0.3) is 10.9 Å². The number of hydrogen-bond acceptors (Lipinski definition) is 5. The van der Waals surface area contributed by atoms with Gasteiger partial charge < -0.3 is 15.6 Å². The number of H-pyrrole nitrogens is 1. The van der Waals surface area contributed by atoms with Crippen molar-refractivity contribution in [2.75, 3.05) is 4.90 Å². The van der Waals surface area contributed by atoms with Crippen LogP contribution in [0.2, 0.25) is 0 Å². The first-order valence-electron chi connectivity index (χ1n) is 8.21. The predicted molar refractivity (Wildman–Crippen MR) is 107 cm³/mol. The van der Waals surface area contributed by atoms with Gasteiger partial charge in [-0.2, -0.15) is 5.10 Å². The Morgan fingerprint density at radius 1 is 1.12 bits per heavy atom. The molecule has 3 aromatic rings. The van der Waals surface area contributed by atoms with Crippen LogP contribution in [-0.4, -0.2) is 22.4 Å². The van der Waals surface area contributed by atoms with E-state index in [0.717, 1.165) is 22.6 Å². The Morgan fingerprint density at radius 2 is 1.92 bits per heavy atom. The number of hydrogen-bond donors (Lipinski definition) is 3. The summed E-state index contributed by atoms with van der Waals surface area (Å²) >= 11 is 5.21. The van der Waals surface area contributed by atoms with Gasteiger partial charge in [0.1, 0.15) is 12.0 Å². The molecule has 2 aromatic carbocycles. The summed E-state index contributed by atoms with van der Waals surface area (Å²) in [5.74, 6) is 0.928. The molecule has 0 saturated carbocycles. The summed E-state index contributed by atoms with van der Waals surface area (Å²) < 4.78 is 0. The van der Waals surface area contributed by atoms with Crippen molar-refractivity contribution in [2.24, 2.45) is 10.8 Å². The molecule has 0 bridgehead atoms. The number of para-hydroxylation sites is 2. The highest BCUT2D eigenvalue weighted by molar-refractivity contribution is 7.79. The second kappa shape index (κ2) is 6.66. The van der Waals surface area contributed by atoms with Gasteiger partial charge in [0.25, 0.3) is 0 Å². The topological polar surface area (TPSA) is 69.4 Å². The molecule has 4 N–H and O–H groups in total. The Bertz CT molecular complexity index is 946. The highest BCUT2D eigenvalue weighted by Gasteiger charge is 2.29. The lowest BCUT2D eigenvalue weighted by molar-refractivity contribution is 0.732. The molecule has 0 amide bonds. The number of amidine groups is 1. The molecule has 2 heterocycles. The maximum absolute atomic E-state index is 5.93. The lowest BCUT2D eigenvalue weighted by Crippen LogP contribution is -2.42. The van der Waals surface area contributed by atoms with Gasteiger partial charge in [0.2, 0.25) is 0 Å². The van der Waals surface area contributed by atoms with E-state index in [1.54, 1.807) is 5.37 Å². The Morgan fingerprint density at radius 3 is 2.76 bits per heavy atom. The van der Waals surface area contributed by atoms with Gasteiger partial charge in [-0.05, 0) is 23.3 Å². The van der Waals surface area contributed by atoms with Gasteiger partial charge in [-0.15, -0.1) is 0 Å². The standard InChI is InChI=1S/C19H19N5S/c20-10-13-5-1-4-8-17(13)24-18(22-23-19(24)12-25)9-14-11-21-16-7-3-2-6-15(14)16/h1-8,11-12,19,21,23H,9-10,20H2. The summed E-state index contributed by atoms with van der Waals surface area (Å²) in [6, 6.07) is 16.4. The van der Waals surface area contributed by atoms with Crippen molar-refractivity contribution in [3.8, 4) is 0 Å². The highest BCUT2D eigenvalue weighted by Crippen LogP contribution is 2.27. The van der Waals surface area contributed by atoms with E-state index in [1.165, 1.54) is 10.9 Å². The molecule has 5 nitrogen and oxygen atoms in total. The molecule has 126 valence electrons. The number of thiocarbonyl (C=S) groups is 1. The van der Waals surface area contributed by atoms with E-state index in [-0.39, 0.29) is 6.17 Å². The number of fused-ring (bicyclic) bond motifs is 1. The van der Waals surface area contributed by atoms with Crippen LogP contribution in [0.5, 0.6) is 0 Å². The first kappa shape index (κ1) is 15.8. The van der Waals surface area contributed by atoms with Crippen LogP contribution >= 0.6 is 12.2 Å². The van der Waals surface area contributed by atoms with Crippen molar-refractivity contribution < 1.29 is 0 Å². The molecule has 4 rings (SSSR count). The number of nitrogens with two attached hydrogens (primary N) is 1. The first-order chi connectivity index (χ1) is 12.3. The summed E-state index contributed by atoms with van der Waals surface area (Å²) in [4.78, 5) is 5.46. The summed E-state index contributed by atoms with van der Waals surface area (Å²) in [7, 11) is 0. The van der Waals surface area contributed by atoms with Crippen molar-refractivity contribution in [1.82, 2.24) is 10.4 Å². The average molecular weight is 349 g/mol. The summed E-state index contributed by atoms with van der Waals surface area (Å²) in [5.41, 5.74) is 13.5. The molecule has 1 aliphatic rings. The van der Waals surface area contributed by atoms with E-state index in [4.69, 9.17) is 18.0 Å². The Hall–Kier alpha value is -2.70. The monoisotopic (exact) mass is 349 g/mol. The Kier molecular flexibility index (Phi) is 4.21. The lowest BCUT2D eigenvalue weighted by atomic mass is 10.1. The number of anilines is 1. The maximum Gasteiger partial charge on any atom is 0.150 e. The number of aromatic nitrogens is 1. The molecule has 1 unspecified atom stereocenters. The molecular formula is C19H19N5S. The molecular weight excluding hydrogens is 330 g/mol. The van der Waals surface area contributed by atoms with Gasteiger partial charge in [0.05, 0.1) is 0 Å². The van der Waals surface area contributed by atoms with Crippen LogP contribution in [0, 0.1) is 0 Å². The number of aromatic amines is 1. The zero-order valence-electron chi connectivity index (χ0n) is 13.6. The van der Waals surface area contributed by atoms with Crippen molar-refractivity contribution >= 4 is 40.0 Å². The number of nitrogens with one attached hydrogen (secondary N) is 2. The number of hydrazone groups is 1. The molecule has 6 heteroatoms. The SMILES string of the molecule is NCc1ccccc1N1C(Cc2c[nH]c3ccccc23)=NNC1C=S. The van der Waals surface area contributed by atoms with Crippen LogP contribution in [0.1, 0.15) is 11.1 Å². The molecule has 1 atom stereocenters. The van der Waals surface area contributed by atoms with Crippen LogP contribution in [0.15, 0.2) is 59.8 Å². The summed E-state index contributed by atoms with van der Waals surface area (Å²) in [6.07, 6.45) is 2.60. The molecule has 0 radical (unpaired) electrons. The third kappa shape index (κ3) is 2.79. The van der Waals surface area contributed by atoms with E-state index in [0.29, 0.717) is 13.0 Å². The van der Waals surface area contributed by atoms with Crippen molar-refractivity contribution in [2.45, 2.75) is 19.1 Å². The highest BCUT2D eigenvalue weighted by atomic mass is 32.1. The normalized spacial score (nSPS) is 16.8. The van der Waals surface area contributed by atoms with Crippen molar-refractivity contribution in [3.63, 3.8) is 0 Å². The molecule has 25 heavy (non-hydrogen) atoms. The molecule has 1 aromatic heterocycles. The molecule has 0 fully saturated rings. The number of benzene rings is 2. The van der Waals surface area contributed by atoms with Crippen molar-refractivity contribution in [3.05, 3.63) is 65.9 Å². The second-order valence-electron chi connectivity index (χ2n) is 5.98. The summed E-state index contributed by atoms with van der Waals surface area (Å²) in [5, 5.41) is 7.45. The fourth-order valence-electron chi connectivity index (χ4n) is 3.28. The largest absolute Gasteiger partial charge is 0.361 e. The third-order valence-corrected chi connectivity index (χ3v) is 4.76. The van der Waals surface area contributed by atoms with Crippen molar-refractivity contribution in [1.29, 1.82) is 0 Å². The minimum absolute atomic E-state index is 0.150. The molecule has 0 saturated heterocycles. The fraction of sp³-hybridized carbons (Fsp3) is 0.158. The maximum atomic E-state index is 5.93. The predicted octanol–water partition coefficient (Wildman–Crippen LogP) is 2.92. The van der Waals surface area contributed by atoms with Crippen LogP contribution in [-0.2, 0) is 13.0 Å². The minimum atomic E-state index is -0.150. The van der Waals surface area contributed by atoms with Crippen LogP contribution < -0.4 is 16.1 Å². The Labute approximate surface area is 151 Å². The Balaban J connectivity index is 1.72. The zero-order chi connectivity index (χ0) is 17.2. The van der Waals surface area contributed by atoms with Gasteiger partial charge in [0, 0.05) is 41.1 Å². The molecule has 1 aliphatic heterocycles. The van der Waals surface area contributed by atoms with E-state index in [9.17, 15) is 0 Å². The fourth-order valence-corrected chi connectivity index (χ4v) is 3.47. The molecule has 0 spiro atoms. The van der Waals surface area contributed by atoms with Gasteiger partial charge in [-0.25, -0.2) is 0 Å². The molecule has 0 aliphatic carbocycles. The van der Waals surface area contributed by atoms with Gasteiger partial charge in [-0.3, -0.25) is 5.43 Å². The summed E-state index contributed by atoms with van der Waals surface area (Å²) in [6.45, 7) is 0.469. The van der Waals surface area contributed by atoms with E-state index in [2.05, 4.69) is 44.7 Å². The van der Waals surface area contributed by atoms with E-state index >= 15 is 0 Å². The number of rotatable bonds is 5. The third-order valence-electron chi connectivity index (χ3n) is 4.51. The van der Waals surface area contributed by atoms with E-state index < -0.39 is 0 Å². The van der Waals surface area contributed by atoms with Gasteiger partial charge >= 0.3 is 0 Å². The average Bonchev–Trinajstić information content (AvgIpc) is 3.26. The smallest absolute Gasteiger partial charge is 0.150 e.